The fourth-order valence-corrected chi connectivity index (χ4v) is 5.12. The number of carbonyl (C=O) groups is 3. The van der Waals surface area contributed by atoms with E-state index in [1.165, 1.54) is 4.85 Å². The molecule has 1 heterocycles. The second-order valence-electron chi connectivity index (χ2n) is 10.8. The van der Waals surface area contributed by atoms with Crippen molar-refractivity contribution in [3.05, 3.63) is 96.1 Å². The first kappa shape index (κ1) is 29.6. The van der Waals surface area contributed by atoms with Crippen molar-refractivity contribution in [1.82, 2.24) is 20.5 Å². The highest BCUT2D eigenvalue weighted by atomic mass is 16.7. The van der Waals surface area contributed by atoms with Gasteiger partial charge in [0.2, 0.25) is 5.91 Å². The number of nitrogens with one attached hydrogen (secondary N) is 1. The summed E-state index contributed by atoms with van der Waals surface area (Å²) >= 11 is 0. The van der Waals surface area contributed by atoms with Crippen LogP contribution in [0.4, 0.5) is 0 Å². The molecule has 0 saturated carbocycles. The van der Waals surface area contributed by atoms with Crippen molar-refractivity contribution < 1.29 is 19.2 Å². The molecule has 3 atom stereocenters. The Labute approximate surface area is 241 Å². The molecule has 4 rings (SSSR count). The van der Waals surface area contributed by atoms with Gasteiger partial charge in [0, 0.05) is 18.3 Å². The molecule has 4 aromatic rings. The number of amides is 1. The van der Waals surface area contributed by atoms with Crippen molar-refractivity contribution in [2.24, 2.45) is 11.8 Å². The van der Waals surface area contributed by atoms with Crippen LogP contribution < -0.4 is 10.2 Å². The van der Waals surface area contributed by atoms with E-state index in [0.717, 1.165) is 11.1 Å². The van der Waals surface area contributed by atoms with Gasteiger partial charge in [-0.25, -0.2) is 0 Å². The second kappa shape index (κ2) is 14.3. The first-order valence-corrected chi connectivity index (χ1v) is 14.2. The van der Waals surface area contributed by atoms with Crippen molar-refractivity contribution in [1.29, 1.82) is 0 Å². The minimum atomic E-state index is -0.833. The molecular weight excluding hydrogens is 516 g/mol. The number of benzene rings is 3. The highest BCUT2D eigenvalue weighted by Gasteiger charge is 2.30. The molecule has 1 amide bonds. The van der Waals surface area contributed by atoms with Crippen LogP contribution in [0.1, 0.15) is 57.1 Å². The fourth-order valence-electron chi connectivity index (χ4n) is 5.12. The van der Waals surface area contributed by atoms with Crippen LogP contribution in [-0.2, 0) is 20.8 Å². The van der Waals surface area contributed by atoms with Gasteiger partial charge in [-0.05, 0) is 53.7 Å². The van der Waals surface area contributed by atoms with Crippen molar-refractivity contribution in [2.75, 3.05) is 6.61 Å². The number of nitrogens with zero attached hydrogens (tertiary/aromatic N) is 3. The molecular formula is C33H38N4O4. The van der Waals surface area contributed by atoms with Gasteiger partial charge in [0.25, 0.3) is 0 Å². The van der Waals surface area contributed by atoms with Gasteiger partial charge in [-0.2, -0.15) is 0 Å². The summed E-state index contributed by atoms with van der Waals surface area (Å²) in [6.45, 7) is 5.75. The number of fused-ring (bicyclic) bond motifs is 1. The number of carbonyl (C=O) groups excluding carboxylic acids is 3. The topological polar surface area (TPSA) is 103 Å². The van der Waals surface area contributed by atoms with E-state index in [-0.39, 0.29) is 42.3 Å². The van der Waals surface area contributed by atoms with Gasteiger partial charge in [0.15, 0.2) is 12.4 Å². The lowest BCUT2D eigenvalue weighted by Crippen LogP contribution is -2.47. The Morgan fingerprint density at radius 2 is 1.54 bits per heavy atom. The Balaban J connectivity index is 1.49. The molecule has 0 spiro atoms. The molecule has 1 N–H and O–H groups in total. The number of rotatable bonds is 15. The third-order valence-electron chi connectivity index (χ3n) is 7.21. The van der Waals surface area contributed by atoms with E-state index in [4.69, 9.17) is 4.84 Å². The van der Waals surface area contributed by atoms with Gasteiger partial charge >= 0.3 is 0 Å². The van der Waals surface area contributed by atoms with Crippen LogP contribution in [0.25, 0.3) is 11.0 Å². The van der Waals surface area contributed by atoms with Gasteiger partial charge in [0.1, 0.15) is 16.8 Å². The minimum absolute atomic E-state index is 0.0341. The third kappa shape index (κ3) is 8.10. The summed E-state index contributed by atoms with van der Waals surface area (Å²) in [5.41, 5.74) is 3.15. The maximum absolute atomic E-state index is 13.7. The summed E-state index contributed by atoms with van der Waals surface area (Å²) in [6, 6.07) is 25.7. The molecule has 0 fully saturated rings. The maximum atomic E-state index is 13.7. The van der Waals surface area contributed by atoms with Crippen LogP contribution in [0.2, 0.25) is 0 Å². The Kier molecular flexibility index (Phi) is 10.4. The smallest absolute Gasteiger partial charge is 0.224 e. The van der Waals surface area contributed by atoms with E-state index in [1.54, 1.807) is 12.1 Å². The summed E-state index contributed by atoms with van der Waals surface area (Å²) in [5, 5.41) is 11.0. The number of hydrogen-bond acceptors (Lipinski definition) is 6. The number of ketones is 2. The van der Waals surface area contributed by atoms with Gasteiger partial charge in [0.05, 0.1) is 6.04 Å². The lowest BCUT2D eigenvalue weighted by Gasteiger charge is -2.24. The quantitative estimate of drug-likeness (QED) is 0.223. The van der Waals surface area contributed by atoms with Crippen LogP contribution in [0.5, 0.6) is 0 Å². The Morgan fingerprint density at radius 1 is 0.878 bits per heavy atom. The van der Waals surface area contributed by atoms with Crippen molar-refractivity contribution in [2.45, 2.75) is 58.4 Å². The molecule has 0 saturated heterocycles. The molecule has 0 radical (unpaired) electrons. The molecule has 0 bridgehead atoms. The van der Waals surface area contributed by atoms with Gasteiger partial charge in [-0.15, -0.1) is 5.10 Å². The lowest BCUT2D eigenvalue weighted by molar-refractivity contribution is -0.134. The summed E-state index contributed by atoms with van der Waals surface area (Å²) in [6.07, 6.45) is 1.61. The van der Waals surface area contributed by atoms with E-state index in [9.17, 15) is 14.4 Å². The number of Topliss-reactive ketones (excluding diaryl/α,β-unsaturated/α-hetero) is 2. The zero-order valence-corrected chi connectivity index (χ0v) is 23.9. The van der Waals surface area contributed by atoms with Crippen molar-refractivity contribution in [3.8, 4) is 0 Å². The highest BCUT2D eigenvalue weighted by molar-refractivity contribution is 5.94. The molecule has 0 aliphatic carbocycles. The summed E-state index contributed by atoms with van der Waals surface area (Å²) in [5.74, 6) is -1.19. The number of para-hydroxylation sites is 1. The summed E-state index contributed by atoms with van der Waals surface area (Å²) in [4.78, 5) is 47.5. The average molecular weight is 555 g/mol. The second-order valence-corrected chi connectivity index (χ2v) is 10.8. The summed E-state index contributed by atoms with van der Waals surface area (Å²) in [7, 11) is 0. The van der Waals surface area contributed by atoms with Crippen LogP contribution in [-0.4, -0.2) is 45.3 Å². The van der Waals surface area contributed by atoms with Crippen LogP contribution in [0.3, 0.4) is 0 Å². The number of hydrogen-bond donors (Lipinski definition) is 1. The zero-order valence-electron chi connectivity index (χ0n) is 23.9. The molecule has 1 aromatic heterocycles. The standard InChI is InChI=1S/C33H38N4O4/c1-4-27(25-15-9-6-10-16-25)31(38)21-26(19-23(2)3)33(40)34-29(20-24-13-7-5-8-14-24)32(39)22-41-37-30-18-12-11-17-28(30)35-36-37/h5-18,23,26-27,29H,4,19-22H2,1-3H3,(H,34,40)/t26-,27+,29+/m1/s1. The Hall–Kier alpha value is -4.33. The molecule has 41 heavy (non-hydrogen) atoms. The monoisotopic (exact) mass is 554 g/mol. The Bertz CT molecular complexity index is 1440. The van der Waals surface area contributed by atoms with Gasteiger partial charge in [-0.3, -0.25) is 14.4 Å². The fraction of sp³-hybridized carbons (Fsp3) is 0.364. The molecule has 0 aliphatic heterocycles. The highest BCUT2D eigenvalue weighted by Crippen LogP contribution is 2.26. The first-order chi connectivity index (χ1) is 19.9. The molecule has 8 nitrogen and oxygen atoms in total. The maximum Gasteiger partial charge on any atom is 0.224 e. The van der Waals surface area contributed by atoms with Crippen molar-refractivity contribution in [3.63, 3.8) is 0 Å². The predicted molar refractivity (Wildman–Crippen MR) is 158 cm³/mol. The van der Waals surface area contributed by atoms with Crippen LogP contribution in [0.15, 0.2) is 84.9 Å². The van der Waals surface area contributed by atoms with Crippen LogP contribution >= 0.6 is 0 Å². The van der Waals surface area contributed by atoms with Crippen molar-refractivity contribution >= 4 is 28.5 Å². The van der Waals surface area contributed by atoms with Gasteiger partial charge < -0.3 is 10.2 Å². The van der Waals surface area contributed by atoms with E-state index in [1.807, 2.05) is 93.6 Å². The molecule has 3 aromatic carbocycles. The largest absolute Gasteiger partial charge is 0.387 e. The van der Waals surface area contributed by atoms with Gasteiger partial charge in [-0.1, -0.05) is 98.4 Å². The molecule has 8 heteroatoms. The van der Waals surface area contributed by atoms with E-state index in [2.05, 4.69) is 15.6 Å². The molecule has 0 unspecified atom stereocenters. The zero-order chi connectivity index (χ0) is 29.2. The number of aromatic nitrogens is 3. The minimum Gasteiger partial charge on any atom is -0.387 e. The third-order valence-corrected chi connectivity index (χ3v) is 7.21. The van der Waals surface area contributed by atoms with E-state index >= 15 is 0 Å². The average Bonchev–Trinajstić information content (AvgIpc) is 3.39. The van der Waals surface area contributed by atoms with E-state index < -0.39 is 12.0 Å². The lowest BCUT2D eigenvalue weighted by atomic mass is 9.84. The predicted octanol–water partition coefficient (Wildman–Crippen LogP) is 4.97. The SMILES string of the molecule is CC[C@H](C(=O)C[C@@H](CC(C)C)C(=O)N[C@@H](Cc1ccccc1)C(=O)COn1nnc2ccccc21)c1ccccc1. The van der Waals surface area contributed by atoms with E-state index in [0.29, 0.717) is 30.3 Å². The summed E-state index contributed by atoms with van der Waals surface area (Å²) < 4.78 is 0. The van der Waals surface area contributed by atoms with Crippen LogP contribution in [0, 0.1) is 11.8 Å². The normalized spacial score (nSPS) is 13.5. The Morgan fingerprint density at radius 3 is 2.22 bits per heavy atom. The molecule has 214 valence electrons. The first-order valence-electron chi connectivity index (χ1n) is 14.2. The molecule has 0 aliphatic rings.